The lowest BCUT2D eigenvalue weighted by Crippen LogP contribution is -2.21. The Balaban J connectivity index is 0. The summed E-state index contributed by atoms with van der Waals surface area (Å²) in [7, 11) is -3.59. The van der Waals surface area contributed by atoms with E-state index in [2.05, 4.69) is 21.1 Å². The minimum atomic E-state index is -5.84. The first-order valence-electron chi connectivity index (χ1n) is 3.52. The number of halogens is 3. The molecule has 0 aromatic rings. The van der Waals surface area contributed by atoms with Crippen molar-refractivity contribution in [1.29, 1.82) is 0 Å². The molecule has 0 heterocycles. The molecule has 13 heavy (non-hydrogen) atoms. The summed E-state index contributed by atoms with van der Waals surface area (Å²) in [5.41, 5.74) is -5.53. The van der Waals surface area contributed by atoms with Gasteiger partial charge in [-0.15, -0.1) is 0 Å². The first-order valence-corrected chi connectivity index (χ1v) is 4.96. The Kier molecular flexibility index (Phi) is 7.33. The van der Waals surface area contributed by atoms with Gasteiger partial charge < -0.3 is 0 Å². The summed E-state index contributed by atoms with van der Waals surface area (Å²) in [6.07, 6.45) is 2.44. The van der Waals surface area contributed by atoms with E-state index < -0.39 is 15.6 Å². The third kappa shape index (κ3) is 9.68. The standard InChI is InChI=1S/C4H10B.CHF3O3S/c1-3-5-4-2;2-1(3,4)8(5,6)7/h3-4H2,1-2H3;(H,5,6,7). The van der Waals surface area contributed by atoms with Crippen LogP contribution in [0.3, 0.4) is 0 Å². The first-order chi connectivity index (χ1) is 5.66. The molecular formula is C5H11BF3O3S. The van der Waals surface area contributed by atoms with Crippen molar-refractivity contribution in [3.63, 3.8) is 0 Å². The summed E-state index contributed by atoms with van der Waals surface area (Å²) in [6, 6.07) is 0. The van der Waals surface area contributed by atoms with Crippen LogP contribution in [0.2, 0.25) is 12.6 Å². The fourth-order valence-corrected chi connectivity index (χ4v) is 0.289. The minimum absolute atomic E-state index is 1.22. The Labute approximate surface area is 76.3 Å². The normalized spacial score (nSPS) is 11.5. The zero-order chi connectivity index (χ0) is 11.1. The predicted octanol–water partition coefficient (Wildman–Crippen LogP) is 1.96. The molecule has 0 spiro atoms. The Bertz CT molecular complexity index is 210. The molecule has 0 atom stereocenters. The first kappa shape index (κ1) is 15.2. The molecule has 0 aromatic carbocycles. The van der Waals surface area contributed by atoms with Crippen molar-refractivity contribution in [1.82, 2.24) is 0 Å². The molecule has 0 fully saturated rings. The molecule has 0 amide bonds. The predicted molar refractivity (Wildman–Crippen MR) is 44.3 cm³/mol. The maximum absolute atomic E-state index is 10.7. The molecule has 0 unspecified atom stereocenters. The fraction of sp³-hybridized carbons (Fsp3) is 1.00. The van der Waals surface area contributed by atoms with Crippen LogP contribution in [-0.4, -0.2) is 25.8 Å². The molecule has 0 aliphatic heterocycles. The summed E-state index contributed by atoms with van der Waals surface area (Å²) < 4.78 is 57.5. The highest BCUT2D eigenvalue weighted by Gasteiger charge is 2.44. The van der Waals surface area contributed by atoms with E-state index in [-0.39, 0.29) is 0 Å². The molecular weight excluding hydrogens is 208 g/mol. The van der Waals surface area contributed by atoms with E-state index >= 15 is 0 Å². The van der Waals surface area contributed by atoms with E-state index in [1.165, 1.54) is 12.6 Å². The van der Waals surface area contributed by atoms with Gasteiger partial charge in [-0.25, -0.2) is 0 Å². The largest absolute Gasteiger partial charge is 0.522 e. The van der Waals surface area contributed by atoms with Crippen molar-refractivity contribution >= 4 is 17.4 Å². The van der Waals surface area contributed by atoms with Crippen molar-refractivity contribution in [2.75, 3.05) is 0 Å². The monoisotopic (exact) mass is 219 g/mol. The highest BCUT2D eigenvalue weighted by molar-refractivity contribution is 7.86. The van der Waals surface area contributed by atoms with Crippen molar-refractivity contribution in [3.05, 3.63) is 0 Å². The Morgan fingerprint density at radius 2 is 1.46 bits per heavy atom. The van der Waals surface area contributed by atoms with Crippen LogP contribution in [0.15, 0.2) is 0 Å². The molecule has 1 N–H and O–H groups in total. The SMILES string of the molecule is CC[B]CC.O=S(=O)(O)C(F)(F)F. The van der Waals surface area contributed by atoms with Crippen LogP contribution in [0.25, 0.3) is 0 Å². The molecule has 0 saturated carbocycles. The third-order valence-electron chi connectivity index (χ3n) is 0.870. The maximum atomic E-state index is 10.7. The van der Waals surface area contributed by atoms with E-state index in [1.54, 1.807) is 0 Å². The lowest BCUT2D eigenvalue weighted by atomic mass is 9.73. The average molecular weight is 219 g/mol. The highest BCUT2D eigenvalue weighted by Crippen LogP contribution is 2.20. The summed E-state index contributed by atoms with van der Waals surface area (Å²) in [5.74, 6) is 0. The second-order valence-corrected chi connectivity index (χ2v) is 3.44. The van der Waals surface area contributed by atoms with Crippen LogP contribution >= 0.6 is 0 Å². The quantitative estimate of drug-likeness (QED) is 0.438. The van der Waals surface area contributed by atoms with E-state index in [0.29, 0.717) is 0 Å². The lowest BCUT2D eigenvalue weighted by Gasteiger charge is -1.97. The molecule has 0 bridgehead atoms. The van der Waals surface area contributed by atoms with Crippen LogP contribution < -0.4 is 0 Å². The van der Waals surface area contributed by atoms with Crippen LogP contribution in [0.5, 0.6) is 0 Å². The Hall–Kier alpha value is -0.235. The van der Waals surface area contributed by atoms with Crippen molar-refractivity contribution in [2.24, 2.45) is 0 Å². The lowest BCUT2D eigenvalue weighted by molar-refractivity contribution is -0.0510. The zero-order valence-corrected chi connectivity index (χ0v) is 8.11. The van der Waals surface area contributed by atoms with E-state index in [1.807, 2.05) is 0 Å². The highest BCUT2D eigenvalue weighted by atomic mass is 32.2. The van der Waals surface area contributed by atoms with Gasteiger partial charge in [0.25, 0.3) is 0 Å². The molecule has 79 valence electrons. The summed E-state index contributed by atoms with van der Waals surface area (Å²) in [5, 5.41) is 0. The third-order valence-corrected chi connectivity index (χ3v) is 1.45. The van der Waals surface area contributed by atoms with Crippen LogP contribution in [0, 0.1) is 0 Å². The van der Waals surface area contributed by atoms with Crippen LogP contribution in [0.1, 0.15) is 13.8 Å². The van der Waals surface area contributed by atoms with Crippen molar-refractivity contribution < 1.29 is 26.1 Å². The van der Waals surface area contributed by atoms with Gasteiger partial charge in [-0.05, 0) is 0 Å². The molecule has 0 aliphatic rings. The van der Waals surface area contributed by atoms with E-state index in [0.717, 1.165) is 0 Å². The molecule has 0 saturated heterocycles. The fourth-order valence-electron chi connectivity index (χ4n) is 0.289. The van der Waals surface area contributed by atoms with Gasteiger partial charge in [0.05, 0.1) is 0 Å². The summed E-state index contributed by atoms with van der Waals surface area (Å²) in [6.45, 7) is 4.31. The second-order valence-electron chi connectivity index (χ2n) is 2.03. The molecule has 8 heteroatoms. The second kappa shape index (κ2) is 6.25. The Morgan fingerprint density at radius 1 is 1.23 bits per heavy atom. The van der Waals surface area contributed by atoms with Gasteiger partial charge in [0.15, 0.2) is 0 Å². The van der Waals surface area contributed by atoms with Gasteiger partial charge in [-0.2, -0.15) is 21.6 Å². The van der Waals surface area contributed by atoms with Crippen LogP contribution in [0.4, 0.5) is 13.2 Å². The number of hydrogen-bond acceptors (Lipinski definition) is 2. The average Bonchev–Trinajstić information content (AvgIpc) is 1.85. The minimum Gasteiger partial charge on any atom is -0.279 e. The molecule has 0 aliphatic carbocycles. The van der Waals surface area contributed by atoms with Crippen LogP contribution in [-0.2, 0) is 10.1 Å². The van der Waals surface area contributed by atoms with Gasteiger partial charge in [-0.1, -0.05) is 26.5 Å². The number of hydrogen-bond donors (Lipinski definition) is 1. The smallest absolute Gasteiger partial charge is 0.279 e. The molecule has 0 rings (SSSR count). The summed E-state index contributed by atoms with van der Waals surface area (Å²) >= 11 is 0. The van der Waals surface area contributed by atoms with E-state index in [9.17, 15) is 13.2 Å². The van der Waals surface area contributed by atoms with E-state index in [4.69, 9.17) is 13.0 Å². The topological polar surface area (TPSA) is 54.4 Å². The van der Waals surface area contributed by atoms with Gasteiger partial charge >= 0.3 is 15.6 Å². The van der Waals surface area contributed by atoms with Gasteiger partial charge in [0, 0.05) is 0 Å². The number of alkyl halides is 3. The molecule has 3 nitrogen and oxygen atoms in total. The molecule has 1 radical (unpaired) electrons. The summed E-state index contributed by atoms with van der Waals surface area (Å²) in [4.78, 5) is 0. The molecule has 0 aromatic heterocycles. The van der Waals surface area contributed by atoms with Gasteiger partial charge in [0.2, 0.25) is 0 Å². The zero-order valence-electron chi connectivity index (χ0n) is 7.30. The Morgan fingerprint density at radius 3 is 1.46 bits per heavy atom. The van der Waals surface area contributed by atoms with Crippen molar-refractivity contribution in [3.8, 4) is 0 Å². The van der Waals surface area contributed by atoms with Gasteiger partial charge in [0.1, 0.15) is 7.28 Å². The van der Waals surface area contributed by atoms with Gasteiger partial charge in [-0.3, -0.25) is 4.55 Å². The number of rotatable bonds is 2. The van der Waals surface area contributed by atoms with Crippen molar-refractivity contribution in [2.45, 2.75) is 32.0 Å². The maximum Gasteiger partial charge on any atom is 0.522 e.